The Morgan fingerprint density at radius 3 is 2.09 bits per heavy atom. The summed E-state index contributed by atoms with van der Waals surface area (Å²) in [7, 11) is 0. The molecule has 0 saturated heterocycles. The average molecular weight is 475 g/mol. The molecule has 0 fully saturated rings. The summed E-state index contributed by atoms with van der Waals surface area (Å²) >= 11 is 0. The van der Waals surface area contributed by atoms with Crippen LogP contribution in [0.4, 0.5) is 10.5 Å². The van der Waals surface area contributed by atoms with Gasteiger partial charge in [-0.2, -0.15) is 0 Å². The topological polar surface area (TPSA) is 93.7 Å². The van der Waals surface area contributed by atoms with E-state index in [4.69, 9.17) is 9.47 Å². The van der Waals surface area contributed by atoms with Crippen molar-refractivity contribution >= 4 is 23.7 Å². The van der Waals surface area contributed by atoms with Crippen LogP contribution in [0.3, 0.4) is 0 Å². The summed E-state index contributed by atoms with van der Waals surface area (Å²) in [6.45, 7) is 8.61. The Hall–Kier alpha value is -4.13. The highest BCUT2D eigenvalue weighted by Gasteiger charge is 2.14. The Kier molecular flexibility index (Phi) is 8.25. The smallest absolute Gasteiger partial charge is 0.434 e. The number of ether oxygens (including phenoxy) is 2. The van der Waals surface area contributed by atoms with Crippen LogP contribution < -0.4 is 15.4 Å². The van der Waals surface area contributed by atoms with Gasteiger partial charge >= 0.3 is 6.16 Å². The Labute approximate surface area is 205 Å². The number of rotatable bonds is 7. The van der Waals surface area contributed by atoms with Gasteiger partial charge in [0.05, 0.1) is 6.61 Å². The summed E-state index contributed by atoms with van der Waals surface area (Å²) in [5.41, 5.74) is 3.64. The zero-order valence-electron chi connectivity index (χ0n) is 20.4. The molecule has 3 aromatic carbocycles. The summed E-state index contributed by atoms with van der Waals surface area (Å²) in [6.07, 6.45) is -0.796. The molecule has 0 aromatic heterocycles. The first-order valence-electron chi connectivity index (χ1n) is 11.4. The third-order valence-corrected chi connectivity index (χ3v) is 5.23. The minimum atomic E-state index is -0.796. The van der Waals surface area contributed by atoms with Crippen LogP contribution in [-0.4, -0.2) is 24.6 Å². The zero-order valence-corrected chi connectivity index (χ0v) is 20.4. The molecular formula is C28H30N2O5. The lowest BCUT2D eigenvalue weighted by Gasteiger charge is -2.19. The minimum Gasteiger partial charge on any atom is -0.434 e. The highest BCUT2D eigenvalue weighted by molar-refractivity contribution is 6.04. The highest BCUT2D eigenvalue weighted by Crippen LogP contribution is 2.22. The number of anilines is 1. The SMILES string of the molecule is CCOC(=O)Oc1ccc(C(=O)Nc2cccc(CNC(=O)c3ccc(C(C)(C)C)cc3)c2)cc1. The molecule has 2 amide bonds. The van der Waals surface area contributed by atoms with Gasteiger partial charge in [-0.1, -0.05) is 45.0 Å². The fraction of sp³-hybridized carbons (Fsp3) is 0.250. The molecule has 0 heterocycles. The van der Waals surface area contributed by atoms with Crippen LogP contribution in [0.2, 0.25) is 0 Å². The van der Waals surface area contributed by atoms with Crippen molar-refractivity contribution < 1.29 is 23.9 Å². The molecular weight excluding hydrogens is 444 g/mol. The number of carbonyl (C=O) groups is 3. The first-order valence-corrected chi connectivity index (χ1v) is 11.4. The monoisotopic (exact) mass is 474 g/mol. The van der Waals surface area contributed by atoms with E-state index in [9.17, 15) is 14.4 Å². The van der Waals surface area contributed by atoms with E-state index in [0.29, 0.717) is 23.4 Å². The van der Waals surface area contributed by atoms with Gasteiger partial charge in [0, 0.05) is 23.4 Å². The second kappa shape index (κ2) is 11.3. The minimum absolute atomic E-state index is 0.0261. The molecule has 0 atom stereocenters. The van der Waals surface area contributed by atoms with Gasteiger partial charge in [-0.05, 0) is 72.0 Å². The molecule has 0 aliphatic carbocycles. The molecule has 0 unspecified atom stereocenters. The van der Waals surface area contributed by atoms with Gasteiger partial charge in [0.1, 0.15) is 5.75 Å². The number of benzene rings is 3. The van der Waals surface area contributed by atoms with Crippen molar-refractivity contribution in [2.75, 3.05) is 11.9 Å². The molecule has 0 bridgehead atoms. The maximum atomic E-state index is 12.6. The van der Waals surface area contributed by atoms with E-state index in [1.165, 1.54) is 17.7 Å². The average Bonchev–Trinajstić information content (AvgIpc) is 2.83. The van der Waals surface area contributed by atoms with Crippen LogP contribution >= 0.6 is 0 Å². The number of nitrogens with one attached hydrogen (secondary N) is 2. The molecule has 3 aromatic rings. The number of hydrogen-bond donors (Lipinski definition) is 2. The van der Waals surface area contributed by atoms with Crippen molar-refractivity contribution in [2.24, 2.45) is 0 Å². The summed E-state index contributed by atoms with van der Waals surface area (Å²) in [6, 6.07) is 21.0. The number of amides is 2. The van der Waals surface area contributed by atoms with Gasteiger partial charge in [-0.15, -0.1) is 0 Å². The molecule has 0 spiro atoms. The van der Waals surface area contributed by atoms with E-state index in [-0.39, 0.29) is 29.6 Å². The van der Waals surface area contributed by atoms with Gasteiger partial charge in [-0.3, -0.25) is 9.59 Å². The van der Waals surface area contributed by atoms with Gasteiger partial charge in [0.2, 0.25) is 0 Å². The van der Waals surface area contributed by atoms with Crippen molar-refractivity contribution in [3.63, 3.8) is 0 Å². The third kappa shape index (κ3) is 7.43. The van der Waals surface area contributed by atoms with Crippen molar-refractivity contribution in [1.82, 2.24) is 5.32 Å². The van der Waals surface area contributed by atoms with E-state index in [1.807, 2.05) is 36.4 Å². The lowest BCUT2D eigenvalue weighted by atomic mass is 9.87. The van der Waals surface area contributed by atoms with E-state index >= 15 is 0 Å². The number of carbonyl (C=O) groups excluding carboxylic acids is 3. The largest absolute Gasteiger partial charge is 0.513 e. The van der Waals surface area contributed by atoms with E-state index in [1.54, 1.807) is 31.2 Å². The van der Waals surface area contributed by atoms with Gasteiger partial charge in [-0.25, -0.2) is 4.79 Å². The molecule has 35 heavy (non-hydrogen) atoms. The molecule has 182 valence electrons. The lowest BCUT2D eigenvalue weighted by Crippen LogP contribution is -2.23. The van der Waals surface area contributed by atoms with Crippen molar-refractivity contribution in [3.05, 3.63) is 95.1 Å². The van der Waals surface area contributed by atoms with Crippen LogP contribution in [0, 0.1) is 0 Å². The van der Waals surface area contributed by atoms with Crippen LogP contribution in [-0.2, 0) is 16.7 Å². The first-order chi connectivity index (χ1) is 16.7. The lowest BCUT2D eigenvalue weighted by molar-refractivity contribution is 0.0949. The summed E-state index contributed by atoms with van der Waals surface area (Å²) < 4.78 is 9.72. The van der Waals surface area contributed by atoms with Crippen LogP contribution in [0.25, 0.3) is 0 Å². The number of hydrogen-bond acceptors (Lipinski definition) is 5. The fourth-order valence-electron chi connectivity index (χ4n) is 3.29. The van der Waals surface area contributed by atoms with E-state index in [0.717, 1.165) is 5.56 Å². The maximum Gasteiger partial charge on any atom is 0.513 e. The summed E-state index contributed by atoms with van der Waals surface area (Å²) in [4.78, 5) is 36.5. The predicted octanol–water partition coefficient (Wildman–Crippen LogP) is 5.70. The van der Waals surface area contributed by atoms with Crippen molar-refractivity contribution in [1.29, 1.82) is 0 Å². The van der Waals surface area contributed by atoms with Crippen molar-refractivity contribution in [2.45, 2.75) is 39.7 Å². The molecule has 0 aliphatic rings. The third-order valence-electron chi connectivity index (χ3n) is 5.23. The van der Waals surface area contributed by atoms with Crippen LogP contribution in [0.1, 0.15) is 59.5 Å². The molecule has 7 heteroatoms. The van der Waals surface area contributed by atoms with E-state index in [2.05, 4.69) is 31.4 Å². The van der Waals surface area contributed by atoms with E-state index < -0.39 is 6.16 Å². The van der Waals surface area contributed by atoms with Gasteiger partial charge < -0.3 is 20.1 Å². The molecule has 7 nitrogen and oxygen atoms in total. The fourth-order valence-corrected chi connectivity index (χ4v) is 3.29. The second-order valence-corrected chi connectivity index (χ2v) is 8.97. The van der Waals surface area contributed by atoms with Crippen LogP contribution in [0.15, 0.2) is 72.8 Å². The standard InChI is InChI=1S/C28H30N2O5/c1-5-34-27(33)35-24-15-11-21(12-16-24)26(32)30-23-8-6-7-19(17-23)18-29-25(31)20-9-13-22(14-10-20)28(2,3)4/h6-17H,5,18H2,1-4H3,(H,29,31)(H,30,32). The predicted molar refractivity (Wildman–Crippen MR) is 135 cm³/mol. The van der Waals surface area contributed by atoms with Gasteiger partial charge in [0.25, 0.3) is 11.8 Å². The normalized spacial score (nSPS) is 10.9. The Morgan fingerprint density at radius 2 is 1.46 bits per heavy atom. The Morgan fingerprint density at radius 1 is 0.829 bits per heavy atom. The summed E-state index contributed by atoms with van der Waals surface area (Å²) in [5.74, 6) is -0.191. The van der Waals surface area contributed by atoms with Crippen molar-refractivity contribution in [3.8, 4) is 5.75 Å². The zero-order chi connectivity index (χ0) is 25.4. The molecule has 0 radical (unpaired) electrons. The molecule has 0 aliphatic heterocycles. The first kappa shape index (κ1) is 25.5. The molecule has 0 saturated carbocycles. The quantitative estimate of drug-likeness (QED) is 0.338. The summed E-state index contributed by atoms with van der Waals surface area (Å²) in [5, 5.41) is 5.75. The van der Waals surface area contributed by atoms with Gasteiger partial charge in [0.15, 0.2) is 0 Å². The Bertz CT molecular complexity index is 1180. The highest BCUT2D eigenvalue weighted by atomic mass is 16.7. The molecule has 3 rings (SSSR count). The maximum absolute atomic E-state index is 12.6. The second-order valence-electron chi connectivity index (χ2n) is 8.97. The Balaban J connectivity index is 1.56. The molecule has 2 N–H and O–H groups in total. The van der Waals surface area contributed by atoms with Crippen LogP contribution in [0.5, 0.6) is 5.75 Å².